The van der Waals surface area contributed by atoms with Crippen molar-refractivity contribution in [2.24, 2.45) is 5.92 Å². The van der Waals surface area contributed by atoms with Crippen molar-refractivity contribution >= 4 is 22.8 Å². The molecular formula is C25H31NO6. The van der Waals surface area contributed by atoms with Gasteiger partial charge < -0.3 is 19.6 Å². The van der Waals surface area contributed by atoms with Crippen molar-refractivity contribution < 1.29 is 23.8 Å². The first kappa shape index (κ1) is 22.4. The highest BCUT2D eigenvalue weighted by Gasteiger charge is 2.37. The molecule has 1 saturated carbocycles. The Kier molecular flexibility index (Phi) is 6.01. The molecule has 1 aromatic carbocycles. The Hall–Kier alpha value is -2.83. The maximum absolute atomic E-state index is 12.7. The topological polar surface area (TPSA) is 106 Å². The minimum Gasteiger partial charge on any atom is -0.487 e. The number of ether oxygens (including phenoxy) is 1. The second-order valence-electron chi connectivity index (χ2n) is 9.60. The number of benzene rings is 1. The van der Waals surface area contributed by atoms with Crippen LogP contribution in [-0.4, -0.2) is 28.6 Å². The third kappa shape index (κ3) is 4.25. The molecule has 1 aliphatic heterocycles. The number of carbonyl (C=O) groups is 2. The van der Waals surface area contributed by atoms with E-state index in [-0.39, 0.29) is 23.5 Å². The van der Waals surface area contributed by atoms with E-state index in [9.17, 15) is 19.5 Å². The Morgan fingerprint density at radius 2 is 1.88 bits per heavy atom. The first-order chi connectivity index (χ1) is 15.2. The lowest BCUT2D eigenvalue weighted by molar-refractivity contribution is -0.143. The Morgan fingerprint density at radius 3 is 2.53 bits per heavy atom. The number of nitrogens with one attached hydrogen (secondary N) is 1. The average Bonchev–Trinajstić information content (AvgIpc) is 2.74. The molecule has 4 rings (SSSR count). The minimum atomic E-state index is -1.10. The largest absolute Gasteiger partial charge is 0.487 e. The predicted octanol–water partition coefficient (Wildman–Crippen LogP) is 3.90. The minimum absolute atomic E-state index is 0.0939. The zero-order valence-corrected chi connectivity index (χ0v) is 19.0. The quantitative estimate of drug-likeness (QED) is 0.682. The molecule has 32 heavy (non-hydrogen) atoms. The van der Waals surface area contributed by atoms with E-state index in [4.69, 9.17) is 9.15 Å². The van der Waals surface area contributed by atoms with E-state index in [1.165, 1.54) is 19.3 Å². The molecule has 1 aliphatic carbocycles. The van der Waals surface area contributed by atoms with Gasteiger partial charge in [-0.05, 0) is 68.6 Å². The van der Waals surface area contributed by atoms with E-state index in [0.717, 1.165) is 42.4 Å². The molecular weight excluding hydrogens is 410 g/mol. The number of fused-ring (bicyclic) bond motifs is 2. The molecule has 7 heteroatoms. The maximum Gasteiger partial charge on any atom is 0.340 e. The standard InChI is InChI=1S/C25H31NO6/c1-14(2)22(23(28)29)26-21(27)12-18-15(3)17-11-16-7-10-25(8-5-4-6-9-25)32-19(16)13-20(17)31-24(18)30/h11,13-14,22H,4-10,12H2,1-3H3,(H,26,27)(H,28,29). The Balaban J connectivity index is 1.62. The van der Waals surface area contributed by atoms with Gasteiger partial charge in [0, 0.05) is 11.5 Å². The molecule has 2 aromatic rings. The van der Waals surface area contributed by atoms with Crippen molar-refractivity contribution in [1.29, 1.82) is 0 Å². The van der Waals surface area contributed by atoms with Crippen LogP contribution in [0.2, 0.25) is 0 Å². The van der Waals surface area contributed by atoms with Gasteiger partial charge in [-0.3, -0.25) is 4.79 Å². The van der Waals surface area contributed by atoms with E-state index in [1.54, 1.807) is 20.8 Å². The number of carbonyl (C=O) groups excluding carboxylic acids is 1. The lowest BCUT2D eigenvalue weighted by atomic mass is 9.79. The summed E-state index contributed by atoms with van der Waals surface area (Å²) in [7, 11) is 0. The normalized spacial score (nSPS) is 18.2. The fourth-order valence-corrected chi connectivity index (χ4v) is 5.05. The van der Waals surface area contributed by atoms with Crippen LogP contribution in [0.5, 0.6) is 5.75 Å². The molecule has 2 heterocycles. The molecule has 172 valence electrons. The summed E-state index contributed by atoms with van der Waals surface area (Å²) in [5.41, 5.74) is 1.81. The number of hydrogen-bond donors (Lipinski definition) is 2. The van der Waals surface area contributed by atoms with Crippen molar-refractivity contribution in [2.45, 2.75) is 83.8 Å². The second-order valence-corrected chi connectivity index (χ2v) is 9.60. The summed E-state index contributed by atoms with van der Waals surface area (Å²) >= 11 is 0. The number of carboxylic acids is 1. The van der Waals surface area contributed by atoms with Crippen LogP contribution in [0.15, 0.2) is 21.3 Å². The number of aryl methyl sites for hydroxylation is 2. The summed E-state index contributed by atoms with van der Waals surface area (Å²) in [6, 6.07) is 2.82. The summed E-state index contributed by atoms with van der Waals surface area (Å²) in [4.78, 5) is 36.6. The number of hydrogen-bond acceptors (Lipinski definition) is 5. The van der Waals surface area contributed by atoms with E-state index in [0.29, 0.717) is 11.1 Å². The van der Waals surface area contributed by atoms with Gasteiger partial charge in [-0.25, -0.2) is 9.59 Å². The predicted molar refractivity (Wildman–Crippen MR) is 120 cm³/mol. The van der Waals surface area contributed by atoms with Crippen LogP contribution >= 0.6 is 0 Å². The van der Waals surface area contributed by atoms with E-state index in [1.807, 2.05) is 12.1 Å². The molecule has 1 unspecified atom stereocenters. The van der Waals surface area contributed by atoms with E-state index < -0.39 is 23.5 Å². The Labute approximate surface area is 187 Å². The summed E-state index contributed by atoms with van der Waals surface area (Å²) in [6.45, 7) is 5.24. The molecule has 0 saturated heterocycles. The number of aliphatic carboxylic acids is 1. The highest BCUT2D eigenvalue weighted by molar-refractivity contribution is 5.88. The molecule has 1 fully saturated rings. The van der Waals surface area contributed by atoms with Crippen LogP contribution < -0.4 is 15.7 Å². The smallest absolute Gasteiger partial charge is 0.340 e. The third-order valence-corrected chi connectivity index (χ3v) is 7.00. The molecule has 2 N–H and O–H groups in total. The van der Waals surface area contributed by atoms with Crippen LogP contribution in [0.25, 0.3) is 11.0 Å². The van der Waals surface area contributed by atoms with Gasteiger partial charge in [-0.1, -0.05) is 20.3 Å². The van der Waals surface area contributed by atoms with E-state index >= 15 is 0 Å². The summed E-state index contributed by atoms with van der Waals surface area (Å²) < 4.78 is 12.0. The SMILES string of the molecule is Cc1c(CC(=O)NC(C(=O)O)C(C)C)c(=O)oc2cc3c(cc12)CCC1(CCCCC1)O3. The number of amides is 1. The summed E-state index contributed by atoms with van der Waals surface area (Å²) in [5, 5.41) is 12.6. The van der Waals surface area contributed by atoms with Crippen LogP contribution in [0.4, 0.5) is 0 Å². The molecule has 2 aliphatic rings. The fourth-order valence-electron chi connectivity index (χ4n) is 5.05. The second kappa shape index (κ2) is 8.60. The zero-order chi connectivity index (χ0) is 23.0. The zero-order valence-electron chi connectivity index (χ0n) is 19.0. The van der Waals surface area contributed by atoms with Gasteiger partial charge in [0.05, 0.1) is 12.0 Å². The van der Waals surface area contributed by atoms with Crippen molar-refractivity contribution in [3.8, 4) is 5.75 Å². The Bertz CT molecular complexity index is 1110. The summed E-state index contributed by atoms with van der Waals surface area (Å²) in [6.07, 6.45) is 7.42. The van der Waals surface area contributed by atoms with E-state index in [2.05, 4.69) is 5.32 Å². The van der Waals surface area contributed by atoms with Crippen LogP contribution in [0.1, 0.15) is 69.1 Å². The fraction of sp³-hybridized carbons (Fsp3) is 0.560. The van der Waals surface area contributed by atoms with Gasteiger partial charge in [-0.15, -0.1) is 0 Å². The van der Waals surface area contributed by atoms with Crippen LogP contribution in [0, 0.1) is 12.8 Å². The molecule has 1 amide bonds. The first-order valence-electron chi connectivity index (χ1n) is 11.5. The highest BCUT2D eigenvalue weighted by atomic mass is 16.5. The highest BCUT2D eigenvalue weighted by Crippen LogP contribution is 2.43. The van der Waals surface area contributed by atoms with Crippen molar-refractivity contribution in [3.63, 3.8) is 0 Å². The van der Waals surface area contributed by atoms with Crippen molar-refractivity contribution in [2.75, 3.05) is 0 Å². The monoisotopic (exact) mass is 441 g/mol. The summed E-state index contributed by atoms with van der Waals surface area (Å²) in [5.74, 6) is -1.09. The van der Waals surface area contributed by atoms with Gasteiger partial charge in [-0.2, -0.15) is 0 Å². The molecule has 1 spiro atoms. The van der Waals surface area contributed by atoms with Gasteiger partial charge in [0.15, 0.2) is 0 Å². The molecule has 0 bridgehead atoms. The lowest BCUT2D eigenvalue weighted by Gasteiger charge is -2.41. The average molecular weight is 442 g/mol. The molecule has 7 nitrogen and oxygen atoms in total. The molecule has 0 radical (unpaired) electrons. The van der Waals surface area contributed by atoms with Gasteiger partial charge in [0.25, 0.3) is 0 Å². The number of carboxylic acid groups (broad SMARTS) is 1. The van der Waals surface area contributed by atoms with Gasteiger partial charge >= 0.3 is 11.6 Å². The van der Waals surface area contributed by atoms with Gasteiger partial charge in [0.1, 0.15) is 23.0 Å². The van der Waals surface area contributed by atoms with Crippen LogP contribution in [-0.2, 0) is 22.4 Å². The van der Waals surface area contributed by atoms with Crippen molar-refractivity contribution in [1.82, 2.24) is 5.32 Å². The Morgan fingerprint density at radius 1 is 1.16 bits per heavy atom. The van der Waals surface area contributed by atoms with Crippen molar-refractivity contribution in [3.05, 3.63) is 39.2 Å². The van der Waals surface area contributed by atoms with Gasteiger partial charge in [0.2, 0.25) is 5.91 Å². The van der Waals surface area contributed by atoms with Crippen LogP contribution in [0.3, 0.4) is 0 Å². The molecule has 1 aromatic heterocycles. The third-order valence-electron chi connectivity index (χ3n) is 7.00. The lowest BCUT2D eigenvalue weighted by Crippen LogP contribution is -2.45. The maximum atomic E-state index is 12.7. The first-order valence-corrected chi connectivity index (χ1v) is 11.5. The number of rotatable bonds is 5. The molecule has 1 atom stereocenters.